The summed E-state index contributed by atoms with van der Waals surface area (Å²) in [6.07, 6.45) is 0. The summed E-state index contributed by atoms with van der Waals surface area (Å²) in [7, 11) is 1.67. The van der Waals surface area contributed by atoms with Gasteiger partial charge in [-0.3, -0.25) is 0 Å². The van der Waals surface area contributed by atoms with Gasteiger partial charge in [-0.05, 0) is 24.6 Å². The number of halogens is 1. The lowest BCUT2D eigenvalue weighted by Crippen LogP contribution is -1.77. The molecular formula is C13H11BrN2OS. The molecule has 0 saturated carbocycles. The normalized spacial score (nSPS) is 11.1. The van der Waals surface area contributed by atoms with E-state index in [-0.39, 0.29) is 0 Å². The van der Waals surface area contributed by atoms with Gasteiger partial charge in [0, 0.05) is 15.9 Å². The second-order valence-electron chi connectivity index (χ2n) is 4.06. The zero-order valence-corrected chi connectivity index (χ0v) is 12.4. The van der Waals surface area contributed by atoms with E-state index in [1.165, 1.54) is 0 Å². The van der Waals surface area contributed by atoms with Crippen LogP contribution < -0.4 is 4.74 Å². The Kier molecular flexibility index (Phi) is 2.87. The predicted octanol–water partition coefficient (Wildman–Crippen LogP) is 4.37. The Morgan fingerprint density at radius 1 is 1.33 bits per heavy atom. The molecule has 0 fully saturated rings. The van der Waals surface area contributed by atoms with Crippen molar-refractivity contribution in [1.29, 1.82) is 0 Å². The monoisotopic (exact) mass is 322 g/mol. The van der Waals surface area contributed by atoms with Crippen LogP contribution in [0.4, 0.5) is 0 Å². The number of imidazole rings is 1. The Bertz CT molecular complexity index is 717. The zero-order chi connectivity index (χ0) is 12.7. The fourth-order valence-electron chi connectivity index (χ4n) is 1.91. The van der Waals surface area contributed by atoms with Gasteiger partial charge in [0.2, 0.25) is 0 Å². The van der Waals surface area contributed by atoms with E-state index in [0.717, 1.165) is 37.5 Å². The van der Waals surface area contributed by atoms with Gasteiger partial charge in [0.25, 0.3) is 0 Å². The third kappa shape index (κ3) is 1.93. The van der Waals surface area contributed by atoms with Crippen molar-refractivity contribution in [3.05, 3.63) is 33.6 Å². The molecule has 0 radical (unpaired) electrons. The molecule has 0 aliphatic carbocycles. The standard InChI is InChI=1S/C13H11BrN2OS/c1-7-3-8(14)4-10-12(7)16-13(15-10)11-5-9(17-2)6-18-11/h3-6H,1-2H3,(H,15,16). The summed E-state index contributed by atoms with van der Waals surface area (Å²) in [6, 6.07) is 6.11. The summed E-state index contributed by atoms with van der Waals surface area (Å²) in [4.78, 5) is 9.08. The number of ether oxygens (including phenoxy) is 1. The highest BCUT2D eigenvalue weighted by Gasteiger charge is 2.10. The summed E-state index contributed by atoms with van der Waals surface area (Å²) in [6.45, 7) is 2.06. The molecule has 5 heteroatoms. The number of hydrogen-bond donors (Lipinski definition) is 1. The topological polar surface area (TPSA) is 37.9 Å². The number of thiophene rings is 1. The van der Waals surface area contributed by atoms with Crippen molar-refractivity contribution in [2.24, 2.45) is 0 Å². The van der Waals surface area contributed by atoms with Crippen molar-refractivity contribution in [2.45, 2.75) is 6.92 Å². The molecule has 2 heterocycles. The fraction of sp³-hybridized carbons (Fsp3) is 0.154. The molecule has 1 aromatic carbocycles. The molecule has 3 rings (SSSR count). The largest absolute Gasteiger partial charge is 0.496 e. The molecule has 3 aromatic rings. The molecule has 0 aliphatic rings. The molecule has 0 spiro atoms. The van der Waals surface area contributed by atoms with Crippen molar-refractivity contribution in [3.8, 4) is 16.5 Å². The van der Waals surface area contributed by atoms with Crippen molar-refractivity contribution < 1.29 is 4.74 Å². The van der Waals surface area contributed by atoms with E-state index in [1.807, 2.05) is 17.5 Å². The number of aromatic amines is 1. The second-order valence-corrected chi connectivity index (χ2v) is 5.88. The lowest BCUT2D eigenvalue weighted by Gasteiger charge is -1.94. The summed E-state index contributed by atoms with van der Waals surface area (Å²) >= 11 is 5.12. The molecule has 3 nitrogen and oxygen atoms in total. The fourth-order valence-corrected chi connectivity index (χ4v) is 3.29. The van der Waals surface area contributed by atoms with Crippen molar-refractivity contribution in [2.75, 3.05) is 7.11 Å². The number of H-pyrrole nitrogens is 1. The third-order valence-corrected chi connectivity index (χ3v) is 4.16. The number of aryl methyl sites for hydroxylation is 1. The van der Waals surface area contributed by atoms with Gasteiger partial charge >= 0.3 is 0 Å². The van der Waals surface area contributed by atoms with Gasteiger partial charge in [0.1, 0.15) is 11.6 Å². The number of methoxy groups -OCH3 is 1. The van der Waals surface area contributed by atoms with Crippen LogP contribution >= 0.6 is 27.3 Å². The van der Waals surface area contributed by atoms with E-state index in [9.17, 15) is 0 Å². The Morgan fingerprint density at radius 2 is 2.17 bits per heavy atom. The van der Waals surface area contributed by atoms with E-state index < -0.39 is 0 Å². The maximum Gasteiger partial charge on any atom is 0.148 e. The smallest absolute Gasteiger partial charge is 0.148 e. The van der Waals surface area contributed by atoms with Crippen molar-refractivity contribution in [1.82, 2.24) is 9.97 Å². The van der Waals surface area contributed by atoms with E-state index in [0.29, 0.717) is 0 Å². The minimum Gasteiger partial charge on any atom is -0.496 e. The Morgan fingerprint density at radius 3 is 2.89 bits per heavy atom. The van der Waals surface area contributed by atoms with Crippen LogP contribution in [0.2, 0.25) is 0 Å². The van der Waals surface area contributed by atoms with Gasteiger partial charge in [-0.25, -0.2) is 4.98 Å². The average Bonchev–Trinajstić information content (AvgIpc) is 2.93. The van der Waals surface area contributed by atoms with E-state index in [2.05, 4.69) is 38.9 Å². The van der Waals surface area contributed by atoms with E-state index in [4.69, 9.17) is 4.74 Å². The molecular weight excluding hydrogens is 312 g/mol. The number of rotatable bonds is 2. The van der Waals surface area contributed by atoms with Gasteiger partial charge in [-0.1, -0.05) is 15.9 Å². The Hall–Kier alpha value is -1.33. The first-order valence-electron chi connectivity index (χ1n) is 5.46. The summed E-state index contributed by atoms with van der Waals surface area (Å²) in [5, 5.41) is 1.98. The van der Waals surface area contributed by atoms with Crippen LogP contribution in [-0.2, 0) is 0 Å². The lowest BCUT2D eigenvalue weighted by molar-refractivity contribution is 0.417. The van der Waals surface area contributed by atoms with Crippen LogP contribution in [0.5, 0.6) is 5.75 Å². The molecule has 0 atom stereocenters. The van der Waals surface area contributed by atoms with Gasteiger partial charge in [-0.2, -0.15) is 0 Å². The molecule has 18 heavy (non-hydrogen) atoms. The highest BCUT2D eigenvalue weighted by atomic mass is 79.9. The molecule has 0 saturated heterocycles. The van der Waals surface area contributed by atoms with E-state index in [1.54, 1.807) is 18.4 Å². The minimum absolute atomic E-state index is 0.869. The molecule has 1 N–H and O–H groups in total. The van der Waals surface area contributed by atoms with Gasteiger partial charge in [0.05, 0.1) is 23.0 Å². The molecule has 0 bridgehead atoms. The average molecular weight is 323 g/mol. The summed E-state index contributed by atoms with van der Waals surface area (Å²) in [5.74, 6) is 1.76. The summed E-state index contributed by atoms with van der Waals surface area (Å²) < 4.78 is 6.26. The maximum absolute atomic E-state index is 5.19. The molecule has 0 aliphatic heterocycles. The number of nitrogens with one attached hydrogen (secondary N) is 1. The molecule has 92 valence electrons. The van der Waals surface area contributed by atoms with Crippen LogP contribution in [0.15, 0.2) is 28.1 Å². The van der Waals surface area contributed by atoms with E-state index >= 15 is 0 Å². The van der Waals surface area contributed by atoms with Gasteiger partial charge in [0.15, 0.2) is 0 Å². The summed E-state index contributed by atoms with van der Waals surface area (Å²) in [5.41, 5.74) is 3.22. The van der Waals surface area contributed by atoms with Crippen LogP contribution in [0.25, 0.3) is 21.7 Å². The zero-order valence-electron chi connectivity index (χ0n) is 9.95. The minimum atomic E-state index is 0.869. The van der Waals surface area contributed by atoms with Crippen molar-refractivity contribution >= 4 is 38.3 Å². The highest BCUT2D eigenvalue weighted by Crippen LogP contribution is 2.31. The lowest BCUT2D eigenvalue weighted by atomic mass is 10.2. The number of benzene rings is 1. The second kappa shape index (κ2) is 4.40. The van der Waals surface area contributed by atoms with Crippen LogP contribution in [0.1, 0.15) is 5.56 Å². The molecule has 2 aromatic heterocycles. The van der Waals surface area contributed by atoms with Gasteiger partial charge < -0.3 is 9.72 Å². The first-order chi connectivity index (χ1) is 8.67. The molecule has 0 unspecified atom stereocenters. The van der Waals surface area contributed by atoms with Crippen LogP contribution in [-0.4, -0.2) is 17.1 Å². The van der Waals surface area contributed by atoms with Crippen LogP contribution in [0.3, 0.4) is 0 Å². The number of fused-ring (bicyclic) bond motifs is 1. The van der Waals surface area contributed by atoms with Crippen LogP contribution in [0, 0.1) is 6.92 Å². The first kappa shape index (κ1) is 11.7. The quantitative estimate of drug-likeness (QED) is 0.760. The number of aromatic nitrogens is 2. The Balaban J connectivity index is 2.16. The van der Waals surface area contributed by atoms with Crippen molar-refractivity contribution in [3.63, 3.8) is 0 Å². The highest BCUT2D eigenvalue weighted by molar-refractivity contribution is 9.10. The maximum atomic E-state index is 5.19. The molecule has 0 amide bonds. The first-order valence-corrected chi connectivity index (χ1v) is 7.13. The predicted molar refractivity (Wildman–Crippen MR) is 78.4 cm³/mol. The number of nitrogens with zero attached hydrogens (tertiary/aromatic N) is 1. The Labute approximate surface area is 117 Å². The SMILES string of the molecule is COc1csc(-c2nc3c(C)cc(Br)cc3[nH]2)c1. The number of hydrogen-bond acceptors (Lipinski definition) is 3. The van der Waals surface area contributed by atoms with Gasteiger partial charge in [-0.15, -0.1) is 11.3 Å². The third-order valence-electron chi connectivity index (χ3n) is 2.79.